The van der Waals surface area contributed by atoms with E-state index in [9.17, 15) is 28.3 Å². The number of piperidine rings is 1. The van der Waals surface area contributed by atoms with Gasteiger partial charge in [-0.3, -0.25) is 9.69 Å². The summed E-state index contributed by atoms with van der Waals surface area (Å²) in [6.07, 6.45) is -1.84. The molecule has 9 nitrogen and oxygen atoms in total. The largest absolute Gasteiger partial charge is 0.393 e. The van der Waals surface area contributed by atoms with E-state index in [1.807, 2.05) is 16.7 Å². The Balaban J connectivity index is 1.10. The van der Waals surface area contributed by atoms with Gasteiger partial charge in [-0.2, -0.15) is 18.4 Å². The van der Waals surface area contributed by atoms with Gasteiger partial charge in [0.1, 0.15) is 28.7 Å². The molecule has 3 aromatic heterocycles. The van der Waals surface area contributed by atoms with Crippen molar-refractivity contribution in [3.63, 3.8) is 0 Å². The van der Waals surface area contributed by atoms with Crippen LogP contribution in [0.1, 0.15) is 46.2 Å². The number of benzene rings is 2. The SMILES string of the molecule is C=CC(=O)Nc1ccc(C(O)Cn2c(C#N)cc3c(C)c(CN4CCC(Nc5ncnc6sc(CC(F)(F)F)cc56)CC4)ccc32)cc1. The molecule has 4 heterocycles. The minimum atomic E-state index is -4.27. The molecule has 1 aliphatic heterocycles. The maximum absolute atomic E-state index is 12.9. The number of likely N-dealkylation sites (tertiary alicyclic amines) is 1. The molecule has 5 aromatic rings. The summed E-state index contributed by atoms with van der Waals surface area (Å²) in [5, 5.41) is 28.7. The number of anilines is 2. The van der Waals surface area contributed by atoms with Crippen LogP contribution < -0.4 is 10.6 Å². The summed E-state index contributed by atoms with van der Waals surface area (Å²) in [6, 6.07) is 16.8. The number of hydrogen-bond acceptors (Lipinski definition) is 8. The van der Waals surface area contributed by atoms with E-state index in [0.29, 0.717) is 33.0 Å². The van der Waals surface area contributed by atoms with Crippen LogP contribution in [-0.2, 0) is 24.3 Å². The van der Waals surface area contributed by atoms with Gasteiger partial charge < -0.3 is 20.3 Å². The van der Waals surface area contributed by atoms with Gasteiger partial charge in [-0.25, -0.2) is 9.97 Å². The Morgan fingerprint density at radius 3 is 2.60 bits per heavy atom. The van der Waals surface area contributed by atoms with Crippen LogP contribution in [-0.4, -0.2) is 55.8 Å². The van der Waals surface area contributed by atoms with Crippen LogP contribution in [0.3, 0.4) is 0 Å². The van der Waals surface area contributed by atoms with Crippen molar-refractivity contribution in [2.24, 2.45) is 0 Å². The standard InChI is InChI=1S/C35H34F3N7O2S/c1-3-32(47)42-24-7-4-22(5-8-24)31(46)19-45-26(17-39)14-28-21(2)23(6-9-30(28)45)18-44-12-10-25(11-13-44)43-33-29-15-27(16-35(36,37)38)48-34(29)41-20-40-33/h3-9,14-15,20,25,31,46H,1,10-13,16,18-19H2,2H3,(H,42,47)(H,40,41,43). The number of fused-ring (bicyclic) bond motifs is 2. The lowest BCUT2D eigenvalue weighted by Crippen LogP contribution is -2.39. The second kappa shape index (κ2) is 13.8. The normalized spacial score (nSPS) is 15.0. The monoisotopic (exact) mass is 673 g/mol. The summed E-state index contributed by atoms with van der Waals surface area (Å²) >= 11 is 1.05. The predicted molar refractivity (Wildman–Crippen MR) is 181 cm³/mol. The number of amides is 1. The fourth-order valence-corrected chi connectivity index (χ4v) is 7.24. The van der Waals surface area contributed by atoms with Gasteiger partial charge in [0.2, 0.25) is 5.91 Å². The molecule has 1 atom stereocenters. The lowest BCUT2D eigenvalue weighted by molar-refractivity contribution is -0.126. The van der Waals surface area contributed by atoms with Crippen molar-refractivity contribution in [3.05, 3.63) is 94.8 Å². The highest BCUT2D eigenvalue weighted by Gasteiger charge is 2.29. The van der Waals surface area contributed by atoms with Crippen molar-refractivity contribution in [1.82, 2.24) is 19.4 Å². The second-order valence-electron chi connectivity index (χ2n) is 12.0. The number of thiophene rings is 1. The molecular formula is C35H34F3N7O2S. The molecule has 0 bridgehead atoms. The van der Waals surface area contributed by atoms with E-state index in [-0.39, 0.29) is 23.4 Å². The van der Waals surface area contributed by atoms with E-state index in [4.69, 9.17) is 0 Å². The van der Waals surface area contributed by atoms with Gasteiger partial charge in [0, 0.05) is 47.1 Å². The molecule has 48 heavy (non-hydrogen) atoms. The van der Waals surface area contributed by atoms with Crippen molar-refractivity contribution >= 4 is 49.9 Å². The Bertz CT molecular complexity index is 2010. The molecule has 6 rings (SSSR count). The number of nitrogens with zero attached hydrogens (tertiary/aromatic N) is 5. The number of aliphatic hydroxyl groups is 1. The summed E-state index contributed by atoms with van der Waals surface area (Å²) in [5.41, 5.74) is 4.81. The molecule has 1 amide bonds. The quantitative estimate of drug-likeness (QED) is 0.139. The number of halogens is 3. The van der Waals surface area contributed by atoms with Crippen LogP contribution >= 0.6 is 11.3 Å². The molecule has 1 fully saturated rings. The van der Waals surface area contributed by atoms with E-state index in [1.54, 1.807) is 30.3 Å². The predicted octanol–water partition coefficient (Wildman–Crippen LogP) is 6.87. The fraction of sp³-hybridized carbons (Fsp3) is 0.314. The van der Waals surface area contributed by atoms with Gasteiger partial charge in [0.05, 0.1) is 24.5 Å². The van der Waals surface area contributed by atoms with Crippen LogP contribution in [0.25, 0.3) is 21.1 Å². The molecule has 3 N–H and O–H groups in total. The molecule has 0 radical (unpaired) electrons. The van der Waals surface area contributed by atoms with Gasteiger partial charge in [-0.15, -0.1) is 11.3 Å². The van der Waals surface area contributed by atoms with Crippen LogP contribution in [0.5, 0.6) is 0 Å². The average molecular weight is 674 g/mol. The molecule has 0 aliphatic carbocycles. The Morgan fingerprint density at radius 2 is 1.92 bits per heavy atom. The molecular weight excluding hydrogens is 639 g/mol. The van der Waals surface area contributed by atoms with Crippen LogP contribution in [0.4, 0.5) is 24.7 Å². The topological polar surface area (TPSA) is 119 Å². The average Bonchev–Trinajstić information content (AvgIpc) is 3.64. The number of carbonyl (C=O) groups is 1. The van der Waals surface area contributed by atoms with E-state index >= 15 is 0 Å². The highest BCUT2D eigenvalue weighted by Crippen LogP contribution is 2.34. The molecule has 0 saturated carbocycles. The van der Waals surface area contributed by atoms with Gasteiger partial charge >= 0.3 is 6.18 Å². The molecule has 248 valence electrons. The van der Waals surface area contributed by atoms with Gasteiger partial charge in [-0.05, 0) is 72.9 Å². The van der Waals surface area contributed by atoms with Crippen LogP contribution in [0.2, 0.25) is 0 Å². The number of nitriles is 1. The number of alkyl halides is 3. The lowest BCUT2D eigenvalue weighted by atomic mass is 10.0. The zero-order chi connectivity index (χ0) is 34.0. The second-order valence-corrected chi connectivity index (χ2v) is 13.1. The minimum Gasteiger partial charge on any atom is -0.387 e. The Labute approximate surface area is 279 Å². The van der Waals surface area contributed by atoms with Gasteiger partial charge in [0.25, 0.3) is 0 Å². The first-order valence-corrected chi connectivity index (χ1v) is 16.3. The third kappa shape index (κ3) is 7.36. The van der Waals surface area contributed by atoms with Crippen molar-refractivity contribution in [2.75, 3.05) is 23.7 Å². The Kier molecular flexibility index (Phi) is 9.50. The maximum atomic E-state index is 12.9. The van der Waals surface area contributed by atoms with Crippen LogP contribution in [0, 0.1) is 18.3 Å². The van der Waals surface area contributed by atoms with E-state index in [1.165, 1.54) is 12.4 Å². The lowest BCUT2D eigenvalue weighted by Gasteiger charge is -2.33. The summed E-state index contributed by atoms with van der Waals surface area (Å²) in [5.74, 6) is 0.253. The number of carbonyl (C=O) groups excluding carboxylic acids is 1. The van der Waals surface area contributed by atoms with E-state index in [2.05, 4.69) is 51.1 Å². The Morgan fingerprint density at radius 1 is 1.17 bits per heavy atom. The number of hydrogen-bond donors (Lipinski definition) is 3. The molecule has 2 aromatic carbocycles. The van der Waals surface area contributed by atoms with E-state index < -0.39 is 18.7 Å². The summed E-state index contributed by atoms with van der Waals surface area (Å²) < 4.78 is 40.7. The number of nitrogens with one attached hydrogen (secondary N) is 2. The smallest absolute Gasteiger partial charge is 0.387 e. The van der Waals surface area contributed by atoms with Gasteiger partial charge in [-0.1, -0.05) is 24.8 Å². The first-order chi connectivity index (χ1) is 23.0. The van der Waals surface area contributed by atoms with Gasteiger partial charge in [0.15, 0.2) is 0 Å². The Hall–Kier alpha value is -4.77. The first kappa shape index (κ1) is 33.1. The van der Waals surface area contributed by atoms with E-state index in [0.717, 1.165) is 65.8 Å². The summed E-state index contributed by atoms with van der Waals surface area (Å²) in [4.78, 5) is 23.2. The first-order valence-electron chi connectivity index (χ1n) is 15.5. The molecule has 13 heteroatoms. The number of aliphatic hydroxyl groups excluding tert-OH is 1. The van der Waals surface area contributed by atoms with Crippen molar-refractivity contribution in [3.8, 4) is 6.07 Å². The third-order valence-electron chi connectivity index (χ3n) is 8.76. The highest BCUT2D eigenvalue weighted by atomic mass is 32.1. The molecule has 1 unspecified atom stereocenters. The van der Waals surface area contributed by atoms with Crippen molar-refractivity contribution < 1.29 is 23.1 Å². The minimum absolute atomic E-state index is 0.134. The van der Waals surface area contributed by atoms with Crippen LogP contribution in [0.15, 0.2) is 67.5 Å². The molecule has 0 spiro atoms. The molecule has 1 aliphatic rings. The highest BCUT2D eigenvalue weighted by molar-refractivity contribution is 7.18. The maximum Gasteiger partial charge on any atom is 0.393 e. The van der Waals surface area contributed by atoms with Crippen molar-refractivity contribution in [2.45, 2.75) is 57.6 Å². The summed E-state index contributed by atoms with van der Waals surface area (Å²) in [7, 11) is 0. The number of aromatic nitrogens is 3. The third-order valence-corrected chi connectivity index (χ3v) is 9.81. The van der Waals surface area contributed by atoms with Crippen molar-refractivity contribution in [1.29, 1.82) is 5.26 Å². The summed E-state index contributed by atoms with van der Waals surface area (Å²) in [6.45, 7) is 8.09. The number of rotatable bonds is 10. The molecule has 1 saturated heterocycles. The number of aryl methyl sites for hydroxylation is 1. The zero-order valence-corrected chi connectivity index (χ0v) is 27.0. The zero-order valence-electron chi connectivity index (χ0n) is 26.2. The fourth-order valence-electron chi connectivity index (χ4n) is 6.22.